The first-order chi connectivity index (χ1) is 19.2. The van der Waals surface area contributed by atoms with Crippen LogP contribution in [0.3, 0.4) is 0 Å². The van der Waals surface area contributed by atoms with Crippen LogP contribution < -0.4 is 9.47 Å². The molecule has 0 aromatic heterocycles. The van der Waals surface area contributed by atoms with E-state index in [0.717, 1.165) is 68.3 Å². The molecular formula is C34H32O2S4. The van der Waals surface area contributed by atoms with Crippen molar-refractivity contribution in [2.45, 2.75) is 76.4 Å². The molecule has 4 aromatic rings. The van der Waals surface area contributed by atoms with Crippen molar-refractivity contribution in [2.24, 2.45) is 5.41 Å². The minimum atomic E-state index is -0.390. The van der Waals surface area contributed by atoms with Crippen LogP contribution in [0, 0.1) is 5.41 Å². The Kier molecular flexibility index (Phi) is 6.32. The average molecular weight is 601 g/mol. The Morgan fingerprint density at radius 2 is 0.775 bits per heavy atom. The fourth-order valence-electron chi connectivity index (χ4n) is 8.25. The maximum absolute atomic E-state index is 6.62. The molecule has 0 radical (unpaired) electrons. The Bertz CT molecular complexity index is 1450. The van der Waals surface area contributed by atoms with Crippen LogP contribution in [0.1, 0.15) is 68.2 Å². The van der Waals surface area contributed by atoms with Gasteiger partial charge in [0, 0.05) is 52.7 Å². The molecule has 1 aliphatic carbocycles. The zero-order chi connectivity index (χ0) is 27.9. The second-order valence-electron chi connectivity index (χ2n) is 11.8. The van der Waals surface area contributed by atoms with Crippen molar-refractivity contribution < 1.29 is 9.47 Å². The van der Waals surface area contributed by atoms with Crippen molar-refractivity contribution in [3.63, 3.8) is 0 Å². The van der Waals surface area contributed by atoms with E-state index in [2.05, 4.69) is 86.6 Å². The summed E-state index contributed by atoms with van der Waals surface area (Å²) in [6.07, 6.45) is 5.68. The molecule has 0 N–H and O–H groups in total. The molecule has 1 saturated carbocycles. The van der Waals surface area contributed by atoms with Crippen LogP contribution in [0.25, 0.3) is 0 Å². The standard InChI is InChI=1S/C34H32O2S4/c1-32(24-10-6-20(37)16-28(24)35-29-17-21(38)7-11-25(29)32)34(14-4-3-5-15-34)33(2)26-12-8-22(39)18-30(26)36-31-19-23(40)9-13-27(31)33/h6-13,16-19,37-40H,3-5,14-15H2,1-2H3. The summed E-state index contributed by atoms with van der Waals surface area (Å²) in [6.45, 7) is 4.91. The number of benzene rings is 4. The fraction of sp³-hybridized carbons (Fsp3) is 0.294. The molecule has 1 fully saturated rings. The normalized spacial score (nSPS) is 19.2. The number of rotatable bonds is 2. The predicted octanol–water partition coefficient (Wildman–Crippen LogP) is 10.3. The van der Waals surface area contributed by atoms with Gasteiger partial charge in [-0.15, -0.1) is 50.5 Å². The van der Waals surface area contributed by atoms with Crippen LogP contribution >= 0.6 is 50.5 Å². The zero-order valence-electron chi connectivity index (χ0n) is 22.6. The highest BCUT2D eigenvalue weighted by Crippen LogP contribution is 2.71. The summed E-state index contributed by atoms with van der Waals surface area (Å²) in [5, 5.41) is 0. The second-order valence-corrected chi connectivity index (χ2v) is 13.9. The summed E-state index contributed by atoms with van der Waals surface area (Å²) >= 11 is 18.8. The molecule has 204 valence electrons. The molecule has 2 aliphatic heterocycles. The highest BCUT2D eigenvalue weighted by molar-refractivity contribution is 7.80. The third-order valence-electron chi connectivity index (χ3n) is 10.1. The van der Waals surface area contributed by atoms with Crippen LogP contribution in [0.5, 0.6) is 23.0 Å². The minimum absolute atomic E-state index is 0.217. The fourth-order valence-corrected chi connectivity index (χ4v) is 9.01. The highest BCUT2D eigenvalue weighted by atomic mass is 32.1. The maximum Gasteiger partial charge on any atom is 0.132 e. The first kappa shape index (κ1) is 26.8. The third-order valence-corrected chi connectivity index (χ3v) is 11.2. The molecule has 0 saturated heterocycles. The largest absolute Gasteiger partial charge is 0.457 e. The van der Waals surface area contributed by atoms with Crippen molar-refractivity contribution in [1.82, 2.24) is 0 Å². The molecule has 4 aromatic carbocycles. The van der Waals surface area contributed by atoms with Gasteiger partial charge in [0.2, 0.25) is 0 Å². The number of ether oxygens (including phenoxy) is 2. The molecule has 2 heterocycles. The van der Waals surface area contributed by atoms with Gasteiger partial charge in [-0.1, -0.05) is 57.4 Å². The van der Waals surface area contributed by atoms with E-state index >= 15 is 0 Å². The van der Waals surface area contributed by atoms with Gasteiger partial charge >= 0.3 is 0 Å². The lowest BCUT2D eigenvalue weighted by Gasteiger charge is -2.63. The van der Waals surface area contributed by atoms with Crippen molar-refractivity contribution in [3.8, 4) is 23.0 Å². The van der Waals surface area contributed by atoms with E-state index in [1.165, 1.54) is 28.7 Å². The van der Waals surface area contributed by atoms with E-state index in [9.17, 15) is 0 Å². The minimum Gasteiger partial charge on any atom is -0.457 e. The highest BCUT2D eigenvalue weighted by Gasteiger charge is 2.65. The van der Waals surface area contributed by atoms with E-state index in [0.29, 0.717) is 0 Å². The van der Waals surface area contributed by atoms with Crippen LogP contribution in [0.4, 0.5) is 0 Å². The molecule has 3 aliphatic rings. The van der Waals surface area contributed by atoms with E-state index in [-0.39, 0.29) is 16.2 Å². The van der Waals surface area contributed by atoms with Gasteiger partial charge in [0.05, 0.1) is 0 Å². The molecule has 0 atom stereocenters. The SMILES string of the molecule is CC1(C2(C3(C)c4ccc(S)cc4Oc4cc(S)ccc43)CCCCC2)c2ccc(S)cc2Oc2cc(S)ccc21. The van der Waals surface area contributed by atoms with Crippen LogP contribution in [0.15, 0.2) is 92.4 Å². The number of hydrogen-bond acceptors (Lipinski definition) is 6. The Labute approximate surface area is 258 Å². The average Bonchev–Trinajstić information content (AvgIpc) is 2.92. The summed E-state index contributed by atoms with van der Waals surface area (Å²) in [7, 11) is 0. The van der Waals surface area contributed by atoms with Gasteiger partial charge in [-0.25, -0.2) is 0 Å². The maximum atomic E-state index is 6.62. The smallest absolute Gasteiger partial charge is 0.132 e. The number of hydrogen-bond donors (Lipinski definition) is 4. The molecule has 0 spiro atoms. The molecule has 7 rings (SSSR count). The summed E-state index contributed by atoms with van der Waals surface area (Å²) in [6, 6.07) is 25.6. The van der Waals surface area contributed by atoms with Crippen LogP contribution in [0.2, 0.25) is 0 Å². The molecule has 0 unspecified atom stereocenters. The molecular weight excluding hydrogens is 569 g/mol. The quantitative estimate of drug-likeness (QED) is 0.172. The second kappa shape index (κ2) is 9.45. The molecule has 40 heavy (non-hydrogen) atoms. The van der Waals surface area contributed by atoms with Gasteiger partial charge in [0.1, 0.15) is 23.0 Å². The lowest BCUT2D eigenvalue weighted by Crippen LogP contribution is -2.59. The molecule has 6 heteroatoms. The number of thiol groups is 4. The Morgan fingerprint density at radius 1 is 0.475 bits per heavy atom. The van der Waals surface area contributed by atoms with Crippen LogP contribution in [-0.4, -0.2) is 0 Å². The lowest BCUT2D eigenvalue weighted by atomic mass is 9.40. The molecule has 0 bridgehead atoms. The van der Waals surface area contributed by atoms with Gasteiger partial charge in [-0.05, 0) is 66.8 Å². The van der Waals surface area contributed by atoms with E-state index in [4.69, 9.17) is 60.0 Å². The van der Waals surface area contributed by atoms with Gasteiger partial charge in [-0.3, -0.25) is 0 Å². The van der Waals surface area contributed by atoms with E-state index in [1.807, 2.05) is 0 Å². The zero-order valence-corrected chi connectivity index (χ0v) is 26.1. The van der Waals surface area contributed by atoms with E-state index in [1.54, 1.807) is 0 Å². The number of fused-ring (bicyclic) bond motifs is 4. The third kappa shape index (κ3) is 3.62. The van der Waals surface area contributed by atoms with Gasteiger partial charge < -0.3 is 9.47 Å². The monoisotopic (exact) mass is 600 g/mol. The topological polar surface area (TPSA) is 18.5 Å². The molecule has 0 amide bonds. The van der Waals surface area contributed by atoms with Crippen molar-refractivity contribution in [3.05, 3.63) is 95.1 Å². The Morgan fingerprint density at radius 3 is 1.07 bits per heavy atom. The first-order valence-electron chi connectivity index (χ1n) is 13.9. The van der Waals surface area contributed by atoms with E-state index < -0.39 is 0 Å². The molecule has 2 nitrogen and oxygen atoms in total. The predicted molar refractivity (Wildman–Crippen MR) is 173 cm³/mol. The van der Waals surface area contributed by atoms with Crippen molar-refractivity contribution in [1.29, 1.82) is 0 Å². The van der Waals surface area contributed by atoms with Gasteiger partial charge in [0.15, 0.2) is 0 Å². The lowest BCUT2D eigenvalue weighted by molar-refractivity contribution is 0.0187. The van der Waals surface area contributed by atoms with Crippen molar-refractivity contribution >= 4 is 50.5 Å². The van der Waals surface area contributed by atoms with Gasteiger partial charge in [-0.2, -0.15) is 0 Å². The van der Waals surface area contributed by atoms with Crippen LogP contribution in [-0.2, 0) is 10.8 Å². The Balaban J connectivity index is 1.62. The van der Waals surface area contributed by atoms with Crippen molar-refractivity contribution in [2.75, 3.05) is 0 Å². The van der Waals surface area contributed by atoms with Gasteiger partial charge in [0.25, 0.3) is 0 Å². The summed E-state index contributed by atoms with van der Waals surface area (Å²) in [5.74, 6) is 3.50. The first-order valence-corrected chi connectivity index (χ1v) is 15.7. The summed E-state index contributed by atoms with van der Waals surface area (Å²) < 4.78 is 13.2. The summed E-state index contributed by atoms with van der Waals surface area (Å²) in [5.41, 5.74) is 3.83. The summed E-state index contributed by atoms with van der Waals surface area (Å²) in [4.78, 5) is 3.56. The Hall–Kier alpha value is -2.12.